The van der Waals surface area contributed by atoms with E-state index in [0.29, 0.717) is 12.2 Å². The fraction of sp³-hybridized carbons (Fsp3) is 0.217. The molecule has 0 saturated heterocycles. The van der Waals surface area contributed by atoms with Crippen LogP contribution in [0.5, 0.6) is 5.75 Å². The van der Waals surface area contributed by atoms with Gasteiger partial charge in [0, 0.05) is 18.1 Å². The van der Waals surface area contributed by atoms with Crippen LogP contribution in [0.1, 0.15) is 30.0 Å². The van der Waals surface area contributed by atoms with E-state index in [2.05, 4.69) is 10.3 Å². The van der Waals surface area contributed by atoms with E-state index in [0.717, 1.165) is 17.7 Å². The number of carbonyl (C=O) groups is 1. The lowest BCUT2D eigenvalue weighted by molar-refractivity contribution is -0.122. The highest BCUT2D eigenvalue weighted by atomic mass is 16.5. The van der Waals surface area contributed by atoms with Gasteiger partial charge in [-0.05, 0) is 72.9 Å². The van der Waals surface area contributed by atoms with Crippen molar-refractivity contribution in [3.8, 4) is 5.75 Å². The Bertz CT molecular complexity index is 876. The van der Waals surface area contributed by atoms with Crippen LogP contribution in [-0.2, 0) is 11.2 Å². The molecule has 3 rings (SSSR count). The lowest BCUT2D eigenvalue weighted by Gasteiger charge is -2.17. The molecule has 3 aromatic rings. The highest BCUT2D eigenvalue weighted by Crippen LogP contribution is 2.18. The number of amides is 1. The molecule has 1 unspecified atom stereocenters. The van der Waals surface area contributed by atoms with Gasteiger partial charge in [0.25, 0.3) is 5.91 Å². The van der Waals surface area contributed by atoms with Crippen LogP contribution in [0.3, 0.4) is 0 Å². The molecule has 0 spiro atoms. The molecule has 1 atom stereocenters. The van der Waals surface area contributed by atoms with E-state index in [-0.39, 0.29) is 5.91 Å². The van der Waals surface area contributed by atoms with Crippen LogP contribution in [-0.4, -0.2) is 17.0 Å². The van der Waals surface area contributed by atoms with Crippen molar-refractivity contribution in [3.63, 3.8) is 0 Å². The van der Waals surface area contributed by atoms with Crippen molar-refractivity contribution < 1.29 is 9.53 Å². The van der Waals surface area contributed by atoms with Gasteiger partial charge >= 0.3 is 0 Å². The van der Waals surface area contributed by atoms with E-state index in [1.54, 1.807) is 12.4 Å². The predicted octanol–water partition coefficient (Wildman–Crippen LogP) is 4.78. The van der Waals surface area contributed by atoms with Crippen LogP contribution >= 0.6 is 0 Å². The van der Waals surface area contributed by atoms with Gasteiger partial charge in [-0.1, -0.05) is 31.2 Å². The van der Waals surface area contributed by atoms with Crippen molar-refractivity contribution in [3.05, 3.63) is 89.7 Å². The number of aromatic nitrogens is 1. The molecule has 0 aliphatic rings. The van der Waals surface area contributed by atoms with Crippen molar-refractivity contribution in [2.45, 2.75) is 32.8 Å². The zero-order chi connectivity index (χ0) is 19.1. The van der Waals surface area contributed by atoms with E-state index in [1.165, 1.54) is 11.1 Å². The van der Waals surface area contributed by atoms with Gasteiger partial charge in [-0.2, -0.15) is 0 Å². The molecular weight excluding hydrogens is 336 g/mol. The maximum absolute atomic E-state index is 12.6. The molecule has 0 fully saturated rings. The summed E-state index contributed by atoms with van der Waals surface area (Å²) in [7, 11) is 0. The van der Waals surface area contributed by atoms with Crippen molar-refractivity contribution in [1.29, 1.82) is 0 Å². The maximum Gasteiger partial charge on any atom is 0.265 e. The Morgan fingerprint density at radius 2 is 1.74 bits per heavy atom. The highest BCUT2D eigenvalue weighted by Gasteiger charge is 2.18. The quantitative estimate of drug-likeness (QED) is 0.660. The average Bonchev–Trinajstić information content (AvgIpc) is 2.68. The minimum Gasteiger partial charge on any atom is -0.481 e. The number of anilines is 1. The Morgan fingerprint density at radius 1 is 1.04 bits per heavy atom. The van der Waals surface area contributed by atoms with Gasteiger partial charge in [-0.25, -0.2) is 0 Å². The first-order chi connectivity index (χ1) is 13.1. The summed E-state index contributed by atoms with van der Waals surface area (Å²) in [4.78, 5) is 16.6. The Hall–Kier alpha value is -3.14. The normalized spacial score (nSPS) is 11.6. The van der Waals surface area contributed by atoms with E-state index in [4.69, 9.17) is 4.74 Å². The molecule has 1 amide bonds. The minimum absolute atomic E-state index is 0.138. The summed E-state index contributed by atoms with van der Waals surface area (Å²) in [5.41, 5.74) is 4.26. The van der Waals surface area contributed by atoms with E-state index >= 15 is 0 Å². The van der Waals surface area contributed by atoms with Crippen molar-refractivity contribution in [2.75, 3.05) is 5.32 Å². The first-order valence-corrected chi connectivity index (χ1v) is 9.16. The fourth-order valence-corrected chi connectivity index (χ4v) is 2.84. The standard InChI is InChI=1S/C23H24N2O2/c1-3-22(27-21-6-4-5-17(2)15-21)23(26)25-20-9-7-18(8-10-20)16-19-11-13-24-14-12-19/h4-15,22H,3,16H2,1-2H3,(H,25,26). The first kappa shape index (κ1) is 18.6. The van der Waals surface area contributed by atoms with Crippen LogP contribution in [0.25, 0.3) is 0 Å². The number of hydrogen-bond donors (Lipinski definition) is 1. The second-order valence-electron chi connectivity index (χ2n) is 6.55. The van der Waals surface area contributed by atoms with Gasteiger partial charge in [0.05, 0.1) is 0 Å². The maximum atomic E-state index is 12.6. The molecule has 1 aromatic heterocycles. The summed E-state index contributed by atoms with van der Waals surface area (Å²) in [5, 5.41) is 2.94. The molecule has 0 aliphatic heterocycles. The zero-order valence-electron chi connectivity index (χ0n) is 15.7. The smallest absolute Gasteiger partial charge is 0.265 e. The van der Waals surface area contributed by atoms with Crippen LogP contribution in [0.2, 0.25) is 0 Å². The Labute approximate surface area is 160 Å². The molecule has 0 saturated carbocycles. The summed E-state index contributed by atoms with van der Waals surface area (Å²) in [6.07, 6.45) is 4.50. The van der Waals surface area contributed by atoms with Gasteiger partial charge in [-0.3, -0.25) is 9.78 Å². The van der Waals surface area contributed by atoms with E-state index in [9.17, 15) is 4.79 Å². The second-order valence-corrected chi connectivity index (χ2v) is 6.55. The largest absolute Gasteiger partial charge is 0.481 e. The number of nitrogens with one attached hydrogen (secondary N) is 1. The van der Waals surface area contributed by atoms with Crippen molar-refractivity contribution in [1.82, 2.24) is 4.98 Å². The summed E-state index contributed by atoms with van der Waals surface area (Å²) in [6, 6.07) is 19.6. The fourth-order valence-electron chi connectivity index (χ4n) is 2.84. The molecular formula is C23H24N2O2. The zero-order valence-corrected chi connectivity index (χ0v) is 15.7. The SMILES string of the molecule is CCC(Oc1cccc(C)c1)C(=O)Nc1ccc(Cc2ccncc2)cc1. The monoisotopic (exact) mass is 360 g/mol. The third-order valence-electron chi connectivity index (χ3n) is 4.31. The second kappa shape index (κ2) is 8.99. The Morgan fingerprint density at radius 3 is 2.41 bits per heavy atom. The number of rotatable bonds is 7. The number of nitrogens with zero attached hydrogens (tertiary/aromatic N) is 1. The molecule has 2 aromatic carbocycles. The molecule has 0 radical (unpaired) electrons. The van der Waals surface area contributed by atoms with Crippen molar-refractivity contribution in [2.24, 2.45) is 0 Å². The number of aryl methyl sites for hydroxylation is 1. The van der Waals surface area contributed by atoms with Crippen LogP contribution in [0.4, 0.5) is 5.69 Å². The van der Waals surface area contributed by atoms with Crippen LogP contribution in [0, 0.1) is 6.92 Å². The average molecular weight is 360 g/mol. The molecule has 1 heterocycles. The molecule has 27 heavy (non-hydrogen) atoms. The van der Waals surface area contributed by atoms with Crippen LogP contribution in [0.15, 0.2) is 73.1 Å². The molecule has 0 aliphatic carbocycles. The Kier molecular flexibility index (Phi) is 6.21. The molecule has 4 nitrogen and oxygen atoms in total. The van der Waals surface area contributed by atoms with E-state index in [1.807, 2.05) is 74.5 Å². The van der Waals surface area contributed by atoms with Crippen LogP contribution < -0.4 is 10.1 Å². The lowest BCUT2D eigenvalue weighted by atomic mass is 10.1. The molecule has 138 valence electrons. The summed E-state index contributed by atoms with van der Waals surface area (Å²) >= 11 is 0. The number of hydrogen-bond acceptors (Lipinski definition) is 3. The number of pyridine rings is 1. The Balaban J connectivity index is 1.60. The van der Waals surface area contributed by atoms with Gasteiger partial charge in [0.15, 0.2) is 6.10 Å². The molecule has 1 N–H and O–H groups in total. The predicted molar refractivity (Wildman–Crippen MR) is 108 cm³/mol. The first-order valence-electron chi connectivity index (χ1n) is 9.16. The third-order valence-corrected chi connectivity index (χ3v) is 4.31. The summed E-state index contributed by atoms with van der Waals surface area (Å²) in [5.74, 6) is 0.575. The lowest BCUT2D eigenvalue weighted by Crippen LogP contribution is -2.32. The molecule has 4 heteroatoms. The summed E-state index contributed by atoms with van der Waals surface area (Å²) < 4.78 is 5.86. The van der Waals surface area contributed by atoms with E-state index < -0.39 is 6.10 Å². The minimum atomic E-state index is -0.525. The highest BCUT2D eigenvalue weighted by molar-refractivity contribution is 5.94. The van der Waals surface area contributed by atoms with Gasteiger partial charge in [0.2, 0.25) is 0 Å². The van der Waals surface area contributed by atoms with Gasteiger partial charge in [-0.15, -0.1) is 0 Å². The van der Waals surface area contributed by atoms with Crippen molar-refractivity contribution >= 4 is 11.6 Å². The molecule has 0 bridgehead atoms. The topological polar surface area (TPSA) is 51.2 Å². The number of benzene rings is 2. The van der Waals surface area contributed by atoms with Gasteiger partial charge < -0.3 is 10.1 Å². The number of ether oxygens (including phenoxy) is 1. The third kappa shape index (κ3) is 5.42. The van der Waals surface area contributed by atoms with Gasteiger partial charge in [0.1, 0.15) is 5.75 Å². The number of carbonyl (C=O) groups excluding carboxylic acids is 1. The summed E-state index contributed by atoms with van der Waals surface area (Å²) in [6.45, 7) is 3.94.